The number of carbonyl (C=O) groups is 1. The fourth-order valence-corrected chi connectivity index (χ4v) is 4.47. The highest BCUT2D eigenvalue weighted by molar-refractivity contribution is 6.34. The normalized spacial score (nSPS) is 14.6. The van der Waals surface area contributed by atoms with Gasteiger partial charge in [-0.3, -0.25) is 4.79 Å². The van der Waals surface area contributed by atoms with Crippen LogP contribution in [0.4, 0.5) is 11.6 Å². The molecule has 0 saturated carbocycles. The quantitative estimate of drug-likeness (QED) is 0.464. The van der Waals surface area contributed by atoms with E-state index in [0.29, 0.717) is 28.0 Å². The SMILES string of the molecule is O=C(Nc1cn2nc(N3CCC(Cc4ccccc4)CC3)ccc2n1)c1ccccc1Cl. The van der Waals surface area contributed by atoms with Crippen LogP contribution in [-0.2, 0) is 6.42 Å². The van der Waals surface area contributed by atoms with Gasteiger partial charge in [-0.25, -0.2) is 9.50 Å². The fourth-order valence-electron chi connectivity index (χ4n) is 4.24. The van der Waals surface area contributed by atoms with E-state index in [1.54, 1.807) is 35.0 Å². The summed E-state index contributed by atoms with van der Waals surface area (Å²) >= 11 is 6.12. The van der Waals surface area contributed by atoms with Crippen LogP contribution >= 0.6 is 11.6 Å². The van der Waals surface area contributed by atoms with Crippen LogP contribution < -0.4 is 10.2 Å². The van der Waals surface area contributed by atoms with Crippen molar-refractivity contribution in [1.29, 1.82) is 0 Å². The van der Waals surface area contributed by atoms with Crippen LogP contribution in [0.25, 0.3) is 5.65 Å². The number of benzene rings is 2. The summed E-state index contributed by atoms with van der Waals surface area (Å²) in [6.45, 7) is 1.97. The maximum atomic E-state index is 12.5. The largest absolute Gasteiger partial charge is 0.355 e. The van der Waals surface area contributed by atoms with E-state index in [4.69, 9.17) is 16.7 Å². The average molecular weight is 446 g/mol. The molecule has 1 aliphatic heterocycles. The Morgan fingerprint density at radius 3 is 2.53 bits per heavy atom. The van der Waals surface area contributed by atoms with Crippen LogP contribution in [0, 0.1) is 5.92 Å². The zero-order valence-corrected chi connectivity index (χ0v) is 18.4. The Hall–Kier alpha value is -3.38. The summed E-state index contributed by atoms with van der Waals surface area (Å²) in [7, 11) is 0. The van der Waals surface area contributed by atoms with Gasteiger partial charge in [0.2, 0.25) is 0 Å². The van der Waals surface area contributed by atoms with Gasteiger partial charge in [-0.05, 0) is 55.0 Å². The Balaban J connectivity index is 1.24. The molecule has 5 rings (SSSR count). The zero-order chi connectivity index (χ0) is 21.9. The molecule has 1 amide bonds. The monoisotopic (exact) mass is 445 g/mol. The molecule has 3 heterocycles. The smallest absolute Gasteiger partial charge is 0.258 e. The first-order valence-electron chi connectivity index (χ1n) is 10.9. The van der Waals surface area contributed by atoms with Crippen molar-refractivity contribution in [3.8, 4) is 0 Å². The number of fused-ring (bicyclic) bond motifs is 1. The van der Waals surface area contributed by atoms with E-state index in [1.807, 2.05) is 12.1 Å². The summed E-state index contributed by atoms with van der Waals surface area (Å²) in [5, 5.41) is 7.94. The van der Waals surface area contributed by atoms with Crippen LogP contribution in [0.3, 0.4) is 0 Å². The van der Waals surface area contributed by atoms with Gasteiger partial charge >= 0.3 is 0 Å². The number of hydrogen-bond donors (Lipinski definition) is 1. The first-order chi connectivity index (χ1) is 15.7. The third kappa shape index (κ3) is 4.46. The summed E-state index contributed by atoms with van der Waals surface area (Å²) in [5.74, 6) is 1.79. The lowest BCUT2D eigenvalue weighted by Crippen LogP contribution is -2.35. The van der Waals surface area contributed by atoms with E-state index in [2.05, 4.69) is 45.5 Å². The molecule has 7 heteroatoms. The molecule has 162 valence electrons. The number of aromatic nitrogens is 3. The molecule has 32 heavy (non-hydrogen) atoms. The molecule has 0 atom stereocenters. The topological polar surface area (TPSA) is 62.5 Å². The van der Waals surface area contributed by atoms with Crippen molar-refractivity contribution in [2.75, 3.05) is 23.3 Å². The summed E-state index contributed by atoms with van der Waals surface area (Å²) in [4.78, 5) is 19.3. The number of hydrogen-bond acceptors (Lipinski definition) is 4. The molecule has 6 nitrogen and oxygen atoms in total. The Labute approximate surface area is 191 Å². The Morgan fingerprint density at radius 1 is 1.00 bits per heavy atom. The highest BCUT2D eigenvalue weighted by Gasteiger charge is 2.21. The number of amides is 1. The van der Waals surface area contributed by atoms with E-state index in [-0.39, 0.29) is 5.91 Å². The zero-order valence-electron chi connectivity index (χ0n) is 17.6. The number of imidazole rings is 1. The third-order valence-corrected chi connectivity index (χ3v) is 6.30. The first kappa shape index (κ1) is 20.5. The van der Waals surface area contributed by atoms with Gasteiger partial charge in [0, 0.05) is 13.1 Å². The first-order valence-corrected chi connectivity index (χ1v) is 11.2. The summed E-state index contributed by atoms with van der Waals surface area (Å²) < 4.78 is 1.72. The minimum Gasteiger partial charge on any atom is -0.355 e. The summed E-state index contributed by atoms with van der Waals surface area (Å²) in [6, 6.07) is 21.6. The molecule has 2 aromatic heterocycles. The van der Waals surface area contributed by atoms with Crippen molar-refractivity contribution in [2.45, 2.75) is 19.3 Å². The van der Waals surface area contributed by atoms with Crippen LogP contribution in [0.1, 0.15) is 28.8 Å². The van der Waals surface area contributed by atoms with Gasteiger partial charge in [-0.2, -0.15) is 0 Å². The molecule has 1 aliphatic rings. The lowest BCUT2D eigenvalue weighted by atomic mass is 9.90. The number of halogens is 1. The molecule has 1 fully saturated rings. The van der Waals surface area contributed by atoms with E-state index in [1.165, 1.54) is 5.56 Å². The molecular formula is C25H24ClN5O. The fraction of sp³-hybridized carbons (Fsp3) is 0.240. The van der Waals surface area contributed by atoms with Gasteiger partial charge < -0.3 is 10.2 Å². The second-order valence-electron chi connectivity index (χ2n) is 8.17. The Morgan fingerprint density at radius 2 is 1.75 bits per heavy atom. The van der Waals surface area contributed by atoms with Crippen molar-refractivity contribution >= 4 is 34.8 Å². The van der Waals surface area contributed by atoms with Crippen LogP contribution in [0.2, 0.25) is 5.02 Å². The molecular weight excluding hydrogens is 422 g/mol. The highest BCUT2D eigenvalue weighted by atomic mass is 35.5. The standard InChI is InChI=1S/C25H24ClN5O/c26-21-9-5-4-8-20(21)25(32)28-22-17-31-23(27-22)10-11-24(29-31)30-14-12-19(13-15-30)16-18-6-2-1-3-7-18/h1-11,17,19H,12-16H2,(H,28,32). The molecule has 2 aromatic carbocycles. The average Bonchev–Trinajstić information content (AvgIpc) is 3.22. The molecule has 0 unspecified atom stereocenters. The third-order valence-electron chi connectivity index (χ3n) is 5.97. The number of rotatable bonds is 5. The van der Waals surface area contributed by atoms with E-state index < -0.39 is 0 Å². The van der Waals surface area contributed by atoms with Crippen molar-refractivity contribution in [3.05, 3.63) is 89.1 Å². The van der Waals surface area contributed by atoms with Crippen molar-refractivity contribution in [3.63, 3.8) is 0 Å². The Bertz CT molecular complexity index is 1230. The van der Waals surface area contributed by atoms with Crippen LogP contribution in [0.15, 0.2) is 72.9 Å². The molecule has 0 aliphatic carbocycles. The van der Waals surface area contributed by atoms with E-state index in [0.717, 1.165) is 38.2 Å². The predicted molar refractivity (Wildman–Crippen MR) is 127 cm³/mol. The molecule has 4 aromatic rings. The maximum Gasteiger partial charge on any atom is 0.258 e. The van der Waals surface area contributed by atoms with Gasteiger partial charge in [-0.15, -0.1) is 5.10 Å². The number of carbonyl (C=O) groups excluding carboxylic acids is 1. The predicted octanol–water partition coefficient (Wildman–Crippen LogP) is 5.09. The molecule has 0 spiro atoms. The molecule has 0 radical (unpaired) electrons. The molecule has 1 saturated heterocycles. The molecule has 1 N–H and O–H groups in total. The Kier molecular flexibility index (Phi) is 5.77. The lowest BCUT2D eigenvalue weighted by Gasteiger charge is -2.32. The van der Waals surface area contributed by atoms with E-state index >= 15 is 0 Å². The minimum atomic E-state index is -0.292. The van der Waals surface area contributed by atoms with Crippen molar-refractivity contribution in [1.82, 2.24) is 14.6 Å². The van der Waals surface area contributed by atoms with Gasteiger partial charge in [0.25, 0.3) is 5.91 Å². The van der Waals surface area contributed by atoms with Gasteiger partial charge in [0.15, 0.2) is 11.5 Å². The van der Waals surface area contributed by atoms with Crippen LogP contribution in [-0.4, -0.2) is 33.6 Å². The minimum absolute atomic E-state index is 0.292. The summed E-state index contributed by atoms with van der Waals surface area (Å²) in [5.41, 5.74) is 2.51. The van der Waals surface area contributed by atoms with Crippen molar-refractivity contribution in [2.24, 2.45) is 5.92 Å². The summed E-state index contributed by atoms with van der Waals surface area (Å²) in [6.07, 6.45) is 5.17. The second-order valence-corrected chi connectivity index (χ2v) is 8.58. The van der Waals surface area contributed by atoms with Crippen molar-refractivity contribution < 1.29 is 4.79 Å². The lowest BCUT2D eigenvalue weighted by molar-refractivity contribution is 0.102. The van der Waals surface area contributed by atoms with E-state index in [9.17, 15) is 4.79 Å². The number of anilines is 2. The second kappa shape index (κ2) is 9.01. The van der Waals surface area contributed by atoms with Gasteiger partial charge in [0.05, 0.1) is 16.8 Å². The van der Waals surface area contributed by atoms with Gasteiger partial charge in [0.1, 0.15) is 5.82 Å². The number of nitrogens with one attached hydrogen (secondary N) is 1. The maximum absolute atomic E-state index is 12.5. The molecule has 0 bridgehead atoms. The van der Waals surface area contributed by atoms with Gasteiger partial charge in [-0.1, -0.05) is 54.1 Å². The number of piperidine rings is 1. The highest BCUT2D eigenvalue weighted by Crippen LogP contribution is 2.25. The number of nitrogens with zero attached hydrogens (tertiary/aromatic N) is 4. The van der Waals surface area contributed by atoms with Crippen LogP contribution in [0.5, 0.6) is 0 Å².